The zero-order chi connectivity index (χ0) is 23.9. The van der Waals surface area contributed by atoms with Crippen LogP contribution >= 0.6 is 0 Å². The van der Waals surface area contributed by atoms with E-state index in [0.29, 0.717) is 37.2 Å². The minimum atomic E-state index is -1.04. The van der Waals surface area contributed by atoms with Crippen LogP contribution < -0.4 is 10.2 Å². The number of benzene rings is 2. The van der Waals surface area contributed by atoms with E-state index in [4.69, 9.17) is 4.74 Å². The number of carbonyl (C=O) groups is 4. The summed E-state index contributed by atoms with van der Waals surface area (Å²) in [5, 5.41) is 2.55. The maximum atomic E-state index is 13.1. The Morgan fingerprint density at radius 3 is 2.24 bits per heavy atom. The molecule has 2 aromatic rings. The largest absolute Gasteiger partial charge is 0.446 e. The van der Waals surface area contributed by atoms with Crippen molar-refractivity contribution in [3.63, 3.8) is 0 Å². The van der Waals surface area contributed by atoms with Gasteiger partial charge in [0, 0.05) is 42.9 Å². The quantitative estimate of drug-likeness (QED) is 0.637. The Bertz CT molecular complexity index is 1030. The van der Waals surface area contributed by atoms with E-state index < -0.39 is 18.0 Å². The number of nitrogens with one attached hydrogen (secondary N) is 1. The smallest absolute Gasteiger partial charge is 0.326 e. The van der Waals surface area contributed by atoms with Crippen molar-refractivity contribution >= 4 is 29.4 Å². The molecule has 0 spiro atoms. The number of likely N-dealkylation sites (tertiary alicyclic amines) is 1. The van der Waals surface area contributed by atoms with Crippen molar-refractivity contribution in [2.45, 2.75) is 38.2 Å². The highest BCUT2D eigenvalue weighted by molar-refractivity contribution is 5.98. The van der Waals surface area contributed by atoms with E-state index >= 15 is 0 Å². The predicted octanol–water partition coefficient (Wildman–Crippen LogP) is 2.84. The maximum absolute atomic E-state index is 13.1. The normalized spacial score (nSPS) is 16.8. The van der Waals surface area contributed by atoms with Gasteiger partial charge in [0.15, 0.2) is 0 Å². The van der Waals surface area contributed by atoms with E-state index in [0.717, 1.165) is 31.4 Å². The van der Waals surface area contributed by atoms with Gasteiger partial charge in [-0.3, -0.25) is 19.2 Å². The van der Waals surface area contributed by atoms with E-state index in [1.54, 1.807) is 58.3 Å². The van der Waals surface area contributed by atoms with Gasteiger partial charge < -0.3 is 19.9 Å². The van der Waals surface area contributed by atoms with Crippen molar-refractivity contribution in [1.29, 1.82) is 0 Å². The standard InChI is InChI=1S/C26H29N3O5/c30-22-10-7-17-29(22)21-13-11-20(12-14-21)25(32)27-18-23(31)34-24(19-8-3-1-4-9-19)26(33)28-15-5-2-6-16-28/h1,3-4,8-9,11-14,24H,2,5-7,10,15-18H2,(H,27,32). The van der Waals surface area contributed by atoms with Crippen molar-refractivity contribution in [1.82, 2.24) is 10.2 Å². The molecule has 34 heavy (non-hydrogen) atoms. The Morgan fingerprint density at radius 1 is 0.882 bits per heavy atom. The van der Waals surface area contributed by atoms with Crippen molar-refractivity contribution < 1.29 is 23.9 Å². The molecule has 1 N–H and O–H groups in total. The van der Waals surface area contributed by atoms with Crippen LogP contribution in [0.2, 0.25) is 0 Å². The molecule has 0 saturated carbocycles. The Kier molecular flexibility index (Phi) is 7.57. The van der Waals surface area contributed by atoms with E-state index in [1.807, 2.05) is 6.07 Å². The molecule has 1 atom stereocenters. The zero-order valence-corrected chi connectivity index (χ0v) is 19.1. The minimum absolute atomic E-state index is 0.0759. The summed E-state index contributed by atoms with van der Waals surface area (Å²) in [4.78, 5) is 53.5. The van der Waals surface area contributed by atoms with Crippen molar-refractivity contribution in [2.75, 3.05) is 31.1 Å². The first-order valence-corrected chi connectivity index (χ1v) is 11.7. The second-order valence-corrected chi connectivity index (χ2v) is 8.55. The number of amides is 3. The molecule has 3 amide bonds. The van der Waals surface area contributed by atoms with Gasteiger partial charge in [-0.1, -0.05) is 30.3 Å². The number of anilines is 1. The molecule has 8 heteroatoms. The highest BCUT2D eigenvalue weighted by atomic mass is 16.5. The lowest BCUT2D eigenvalue weighted by atomic mass is 10.1. The van der Waals surface area contributed by atoms with Gasteiger partial charge in [0.25, 0.3) is 11.8 Å². The van der Waals surface area contributed by atoms with Crippen LogP contribution in [0.1, 0.15) is 54.1 Å². The van der Waals surface area contributed by atoms with Crippen molar-refractivity contribution in [3.8, 4) is 0 Å². The average Bonchev–Trinajstić information content (AvgIpc) is 3.32. The predicted molar refractivity (Wildman–Crippen MR) is 126 cm³/mol. The van der Waals surface area contributed by atoms with Crippen LogP contribution in [-0.2, 0) is 19.1 Å². The molecule has 0 bridgehead atoms. The summed E-state index contributed by atoms with van der Waals surface area (Å²) in [5.41, 5.74) is 1.72. The monoisotopic (exact) mass is 463 g/mol. The number of piperidine rings is 1. The van der Waals surface area contributed by atoms with Crippen LogP contribution in [-0.4, -0.2) is 54.8 Å². The topological polar surface area (TPSA) is 96.0 Å². The lowest BCUT2D eigenvalue weighted by Crippen LogP contribution is -2.41. The average molecular weight is 464 g/mol. The Labute approximate surface area is 198 Å². The van der Waals surface area contributed by atoms with Gasteiger partial charge in [-0.05, 0) is 49.9 Å². The first-order valence-electron chi connectivity index (χ1n) is 11.7. The lowest BCUT2D eigenvalue weighted by molar-refractivity contribution is -0.160. The molecule has 2 fully saturated rings. The molecule has 2 aliphatic heterocycles. The number of rotatable bonds is 7. The zero-order valence-electron chi connectivity index (χ0n) is 19.1. The molecule has 2 saturated heterocycles. The summed E-state index contributed by atoms with van der Waals surface area (Å²) in [7, 11) is 0. The maximum Gasteiger partial charge on any atom is 0.326 e. The van der Waals surface area contributed by atoms with Crippen LogP contribution in [0.4, 0.5) is 5.69 Å². The number of ether oxygens (including phenoxy) is 1. The van der Waals surface area contributed by atoms with Gasteiger partial charge in [0.05, 0.1) is 0 Å². The molecule has 178 valence electrons. The fourth-order valence-corrected chi connectivity index (χ4v) is 4.31. The van der Waals surface area contributed by atoms with E-state index in [9.17, 15) is 19.2 Å². The molecule has 8 nitrogen and oxygen atoms in total. The Hall–Kier alpha value is -3.68. The summed E-state index contributed by atoms with van der Waals surface area (Å²) >= 11 is 0. The highest BCUT2D eigenvalue weighted by Gasteiger charge is 2.30. The van der Waals surface area contributed by atoms with Gasteiger partial charge >= 0.3 is 5.97 Å². The van der Waals surface area contributed by atoms with Crippen LogP contribution in [0.25, 0.3) is 0 Å². The number of carbonyl (C=O) groups excluding carboxylic acids is 4. The number of hydrogen-bond donors (Lipinski definition) is 1. The van der Waals surface area contributed by atoms with E-state index in [1.165, 1.54) is 0 Å². The minimum Gasteiger partial charge on any atom is -0.446 e. The third-order valence-corrected chi connectivity index (χ3v) is 6.15. The summed E-state index contributed by atoms with van der Waals surface area (Å²) in [6, 6.07) is 15.6. The van der Waals surface area contributed by atoms with Crippen molar-refractivity contribution in [2.24, 2.45) is 0 Å². The highest BCUT2D eigenvalue weighted by Crippen LogP contribution is 2.23. The third-order valence-electron chi connectivity index (χ3n) is 6.15. The summed E-state index contributed by atoms with van der Waals surface area (Å²) in [6.07, 6.45) is 3.27. The van der Waals surface area contributed by atoms with Crippen LogP contribution in [0.5, 0.6) is 0 Å². The van der Waals surface area contributed by atoms with Crippen LogP contribution in [0.15, 0.2) is 54.6 Å². The molecule has 4 rings (SSSR count). The van der Waals surface area contributed by atoms with Crippen LogP contribution in [0.3, 0.4) is 0 Å². The molecule has 0 radical (unpaired) electrons. The second-order valence-electron chi connectivity index (χ2n) is 8.55. The first kappa shape index (κ1) is 23.5. The molecular formula is C26H29N3O5. The Balaban J connectivity index is 1.35. The molecular weight excluding hydrogens is 434 g/mol. The molecule has 2 aromatic carbocycles. The van der Waals surface area contributed by atoms with Crippen LogP contribution in [0, 0.1) is 0 Å². The summed E-state index contributed by atoms with van der Waals surface area (Å²) in [6.45, 7) is 1.61. The molecule has 2 aliphatic rings. The van der Waals surface area contributed by atoms with E-state index in [-0.39, 0.29) is 18.4 Å². The summed E-state index contributed by atoms with van der Waals surface area (Å²) < 4.78 is 5.55. The number of esters is 1. The number of hydrogen-bond acceptors (Lipinski definition) is 5. The van der Waals surface area contributed by atoms with E-state index in [2.05, 4.69) is 5.32 Å². The summed E-state index contributed by atoms with van der Waals surface area (Å²) in [5.74, 6) is -1.29. The molecule has 1 unspecified atom stereocenters. The van der Waals surface area contributed by atoms with Crippen molar-refractivity contribution in [3.05, 3.63) is 65.7 Å². The van der Waals surface area contributed by atoms with Gasteiger partial charge in [0.2, 0.25) is 12.0 Å². The molecule has 0 aliphatic carbocycles. The fraction of sp³-hybridized carbons (Fsp3) is 0.385. The first-order chi connectivity index (χ1) is 16.5. The molecule has 0 aromatic heterocycles. The van der Waals surface area contributed by atoms with Gasteiger partial charge in [0.1, 0.15) is 6.54 Å². The van der Waals surface area contributed by atoms with Gasteiger partial charge in [-0.25, -0.2) is 0 Å². The Morgan fingerprint density at radius 2 is 1.59 bits per heavy atom. The van der Waals surface area contributed by atoms with Gasteiger partial charge in [-0.15, -0.1) is 0 Å². The van der Waals surface area contributed by atoms with Gasteiger partial charge in [-0.2, -0.15) is 0 Å². The lowest BCUT2D eigenvalue weighted by Gasteiger charge is -2.30. The fourth-order valence-electron chi connectivity index (χ4n) is 4.31. The third kappa shape index (κ3) is 5.62. The SMILES string of the molecule is O=C(CNC(=O)c1ccc(N2CCCC2=O)cc1)OC(C(=O)N1CCCCC1)c1ccccc1. The molecule has 2 heterocycles. The second kappa shape index (κ2) is 11.0. The number of nitrogens with zero attached hydrogens (tertiary/aromatic N) is 2.